The van der Waals surface area contributed by atoms with Gasteiger partial charge in [0.25, 0.3) is 0 Å². The van der Waals surface area contributed by atoms with Crippen molar-refractivity contribution in [3.63, 3.8) is 0 Å². The van der Waals surface area contributed by atoms with Crippen LogP contribution in [-0.2, 0) is 4.79 Å². The Balaban J connectivity index is 2.68. The van der Waals surface area contributed by atoms with Crippen molar-refractivity contribution in [2.45, 2.75) is 0 Å². The number of phenols is 1. The molecule has 0 saturated heterocycles. The minimum Gasteiger partial charge on any atom is -0.507 e. The van der Waals surface area contributed by atoms with Gasteiger partial charge in [-0.15, -0.1) is 0 Å². The van der Waals surface area contributed by atoms with Crippen molar-refractivity contribution in [1.82, 2.24) is 0 Å². The van der Waals surface area contributed by atoms with Gasteiger partial charge in [0.15, 0.2) is 0 Å². The molecule has 88 valence electrons. The van der Waals surface area contributed by atoms with E-state index in [0.717, 1.165) is 10.8 Å². The van der Waals surface area contributed by atoms with Gasteiger partial charge in [0.1, 0.15) is 5.75 Å². The molecule has 0 aliphatic rings. The van der Waals surface area contributed by atoms with E-state index in [4.69, 9.17) is 11.0 Å². The van der Waals surface area contributed by atoms with Gasteiger partial charge in [-0.25, -0.2) is 0 Å². The molecule has 4 heteroatoms. The lowest BCUT2D eigenvalue weighted by Gasteiger charge is -2.05. The number of nitriles is 1. The largest absolute Gasteiger partial charge is 0.507 e. The molecule has 0 aliphatic carbocycles. The summed E-state index contributed by atoms with van der Waals surface area (Å²) in [6.45, 7) is 0. The summed E-state index contributed by atoms with van der Waals surface area (Å²) in [4.78, 5) is 10.7. The van der Waals surface area contributed by atoms with Crippen LogP contribution < -0.4 is 5.73 Å². The highest BCUT2D eigenvalue weighted by atomic mass is 16.3. The van der Waals surface area contributed by atoms with E-state index in [-0.39, 0.29) is 5.75 Å². The fourth-order valence-electron chi connectivity index (χ4n) is 1.75. The number of fused-ring (bicyclic) bond motifs is 1. The van der Waals surface area contributed by atoms with Gasteiger partial charge in [0.05, 0.1) is 11.6 Å². The Hall–Kier alpha value is -2.80. The van der Waals surface area contributed by atoms with Crippen molar-refractivity contribution in [3.8, 4) is 11.8 Å². The van der Waals surface area contributed by atoms with Gasteiger partial charge >= 0.3 is 0 Å². The van der Waals surface area contributed by atoms with Crippen LogP contribution in [-0.4, -0.2) is 11.0 Å². The SMILES string of the molecule is N#Cc1ccc2c(/C=C/C(N)=O)c(O)ccc2c1. The van der Waals surface area contributed by atoms with Gasteiger partial charge in [0.2, 0.25) is 5.91 Å². The molecule has 0 bridgehead atoms. The number of aromatic hydroxyl groups is 1. The van der Waals surface area contributed by atoms with Crippen LogP contribution in [0.1, 0.15) is 11.1 Å². The third-order valence-electron chi connectivity index (χ3n) is 2.58. The minimum atomic E-state index is -0.583. The Morgan fingerprint density at radius 3 is 2.78 bits per heavy atom. The average molecular weight is 238 g/mol. The van der Waals surface area contributed by atoms with E-state index in [2.05, 4.69) is 0 Å². The van der Waals surface area contributed by atoms with Crippen LogP contribution in [0, 0.1) is 11.3 Å². The summed E-state index contributed by atoms with van der Waals surface area (Å²) in [5, 5.41) is 20.2. The molecular weight excluding hydrogens is 228 g/mol. The molecule has 1 amide bonds. The summed E-state index contributed by atoms with van der Waals surface area (Å²) in [5.41, 5.74) is 6.08. The number of carbonyl (C=O) groups is 1. The van der Waals surface area contributed by atoms with Crippen LogP contribution in [0.4, 0.5) is 0 Å². The highest BCUT2D eigenvalue weighted by molar-refractivity contribution is 5.98. The van der Waals surface area contributed by atoms with Crippen LogP contribution in [0.2, 0.25) is 0 Å². The number of nitrogens with two attached hydrogens (primary N) is 1. The first-order valence-electron chi connectivity index (χ1n) is 5.25. The van der Waals surface area contributed by atoms with Crippen molar-refractivity contribution >= 4 is 22.8 Å². The van der Waals surface area contributed by atoms with Crippen LogP contribution in [0.25, 0.3) is 16.8 Å². The Labute approximate surface area is 104 Å². The maximum Gasteiger partial charge on any atom is 0.241 e. The summed E-state index contributed by atoms with van der Waals surface area (Å²) < 4.78 is 0. The normalized spacial score (nSPS) is 10.6. The average Bonchev–Trinajstić information content (AvgIpc) is 2.36. The standard InChI is InChI=1S/C14H10N2O2/c15-8-9-1-3-11-10(7-9)2-5-13(17)12(11)4-6-14(16)18/h1-7,17H,(H2,16,18)/b6-4+. The lowest BCUT2D eigenvalue weighted by Crippen LogP contribution is -2.05. The van der Waals surface area contributed by atoms with Crippen LogP contribution >= 0.6 is 0 Å². The van der Waals surface area contributed by atoms with Crippen LogP contribution in [0.3, 0.4) is 0 Å². The van der Waals surface area contributed by atoms with E-state index < -0.39 is 5.91 Å². The molecule has 0 aromatic heterocycles. The highest BCUT2D eigenvalue weighted by Crippen LogP contribution is 2.28. The summed E-state index contributed by atoms with van der Waals surface area (Å²) in [6.07, 6.45) is 2.65. The van der Waals surface area contributed by atoms with Crippen LogP contribution in [0.15, 0.2) is 36.4 Å². The first kappa shape index (κ1) is 11.7. The van der Waals surface area contributed by atoms with E-state index in [1.807, 2.05) is 6.07 Å². The predicted molar refractivity (Wildman–Crippen MR) is 68.6 cm³/mol. The second-order valence-electron chi connectivity index (χ2n) is 3.78. The highest BCUT2D eigenvalue weighted by Gasteiger charge is 2.05. The Morgan fingerprint density at radius 2 is 2.11 bits per heavy atom. The molecule has 2 aromatic carbocycles. The molecule has 0 fully saturated rings. The van der Waals surface area contributed by atoms with Gasteiger partial charge in [-0.3, -0.25) is 4.79 Å². The second-order valence-corrected chi connectivity index (χ2v) is 3.78. The van der Waals surface area contributed by atoms with E-state index in [1.54, 1.807) is 24.3 Å². The summed E-state index contributed by atoms with van der Waals surface area (Å²) in [5.74, 6) is -0.523. The zero-order chi connectivity index (χ0) is 13.1. The number of carbonyl (C=O) groups excluding carboxylic acids is 1. The molecule has 2 rings (SSSR count). The van der Waals surface area contributed by atoms with Crippen molar-refractivity contribution in [2.75, 3.05) is 0 Å². The molecule has 0 spiro atoms. The van der Waals surface area contributed by atoms with E-state index in [1.165, 1.54) is 18.2 Å². The molecule has 0 heterocycles. The third kappa shape index (κ3) is 2.15. The molecule has 3 N–H and O–H groups in total. The predicted octanol–water partition coefficient (Wildman–Crippen LogP) is 1.92. The smallest absolute Gasteiger partial charge is 0.241 e. The number of primary amides is 1. The third-order valence-corrected chi connectivity index (χ3v) is 2.58. The quantitative estimate of drug-likeness (QED) is 0.783. The fourth-order valence-corrected chi connectivity index (χ4v) is 1.75. The molecule has 0 unspecified atom stereocenters. The van der Waals surface area contributed by atoms with E-state index >= 15 is 0 Å². The summed E-state index contributed by atoms with van der Waals surface area (Å²) in [7, 11) is 0. The Bertz CT molecular complexity index is 697. The molecule has 18 heavy (non-hydrogen) atoms. The number of amides is 1. The first-order valence-corrected chi connectivity index (χ1v) is 5.25. The monoisotopic (exact) mass is 238 g/mol. The number of rotatable bonds is 2. The number of hydrogen-bond donors (Lipinski definition) is 2. The molecule has 0 atom stereocenters. The number of hydrogen-bond acceptors (Lipinski definition) is 3. The van der Waals surface area contributed by atoms with Gasteiger partial charge in [-0.1, -0.05) is 12.1 Å². The second kappa shape index (κ2) is 4.60. The number of phenolic OH excluding ortho intramolecular Hbond substituents is 1. The molecule has 0 aliphatic heterocycles. The fraction of sp³-hybridized carbons (Fsp3) is 0. The molecule has 4 nitrogen and oxygen atoms in total. The molecule has 2 aromatic rings. The maximum atomic E-state index is 10.7. The first-order chi connectivity index (χ1) is 8.61. The number of benzene rings is 2. The van der Waals surface area contributed by atoms with Crippen molar-refractivity contribution in [3.05, 3.63) is 47.5 Å². The Kier molecular flexibility index (Phi) is 2.98. The zero-order valence-corrected chi connectivity index (χ0v) is 9.42. The van der Waals surface area contributed by atoms with Gasteiger partial charge in [-0.05, 0) is 35.0 Å². The van der Waals surface area contributed by atoms with Crippen molar-refractivity contribution in [1.29, 1.82) is 5.26 Å². The summed E-state index contributed by atoms with van der Waals surface area (Å²) >= 11 is 0. The van der Waals surface area contributed by atoms with Crippen LogP contribution in [0.5, 0.6) is 5.75 Å². The zero-order valence-electron chi connectivity index (χ0n) is 9.42. The molecule has 0 radical (unpaired) electrons. The van der Waals surface area contributed by atoms with E-state index in [9.17, 15) is 9.90 Å². The lowest BCUT2D eigenvalue weighted by molar-refractivity contribution is -0.113. The van der Waals surface area contributed by atoms with Gasteiger partial charge < -0.3 is 10.8 Å². The lowest BCUT2D eigenvalue weighted by atomic mass is 10.0. The van der Waals surface area contributed by atoms with E-state index in [0.29, 0.717) is 11.1 Å². The molecular formula is C14H10N2O2. The van der Waals surface area contributed by atoms with Crippen molar-refractivity contribution < 1.29 is 9.90 Å². The minimum absolute atomic E-state index is 0.0599. The topological polar surface area (TPSA) is 87.1 Å². The van der Waals surface area contributed by atoms with Crippen molar-refractivity contribution in [2.24, 2.45) is 5.73 Å². The summed E-state index contributed by atoms with van der Waals surface area (Å²) in [6, 6.07) is 10.4. The molecule has 0 saturated carbocycles. The van der Waals surface area contributed by atoms with Gasteiger partial charge in [-0.2, -0.15) is 5.26 Å². The number of nitrogens with zero attached hydrogens (tertiary/aromatic N) is 1. The Morgan fingerprint density at radius 1 is 1.33 bits per heavy atom. The maximum absolute atomic E-state index is 10.7. The van der Waals surface area contributed by atoms with Gasteiger partial charge in [0, 0.05) is 11.6 Å².